The minimum atomic E-state index is -3.63. The quantitative estimate of drug-likeness (QED) is 0.0563. The molecule has 0 heterocycles. The average molecular weight is 1820 g/mol. The van der Waals surface area contributed by atoms with Gasteiger partial charge >= 0.3 is 85.3 Å². The molecule has 1 N–H and O–H groups in total. The fourth-order valence-electron chi connectivity index (χ4n) is 9.78. The molecule has 0 bridgehead atoms. The summed E-state index contributed by atoms with van der Waals surface area (Å²) in [7, 11) is -18.0. The van der Waals surface area contributed by atoms with Crippen molar-refractivity contribution >= 4 is 49.2 Å². The molecule has 10 fully saturated rings. The van der Waals surface area contributed by atoms with Crippen molar-refractivity contribution in [1.82, 2.24) is 20.0 Å². The van der Waals surface area contributed by atoms with Crippen LogP contribution in [-0.2, 0) is 158 Å². The van der Waals surface area contributed by atoms with Crippen LogP contribution in [0.4, 0.5) is 0 Å². The molecule has 0 aromatic carbocycles. The van der Waals surface area contributed by atoms with Gasteiger partial charge in [0.1, 0.15) is 0 Å². The molecule has 110 heavy (non-hydrogen) atoms. The Hall–Kier alpha value is 1.99. The first kappa shape index (κ1) is 112. The van der Waals surface area contributed by atoms with Crippen LogP contribution in [0.25, 0.3) is 0 Å². The van der Waals surface area contributed by atoms with E-state index in [-0.39, 0.29) is 248 Å². The first-order valence-electron chi connectivity index (χ1n) is 35.5. The van der Waals surface area contributed by atoms with Crippen LogP contribution in [0.1, 0.15) is 0 Å². The molecule has 0 aliphatic heterocycles. The zero-order chi connectivity index (χ0) is 75.1. The van der Waals surface area contributed by atoms with Crippen molar-refractivity contribution in [2.24, 2.45) is 0 Å². The summed E-state index contributed by atoms with van der Waals surface area (Å²) in [5.41, 5.74) is 0. The Balaban J connectivity index is 0.00000331. The van der Waals surface area contributed by atoms with E-state index in [4.69, 9.17) is 23.7 Å². The monoisotopic (exact) mass is 1820 g/mol. The summed E-state index contributed by atoms with van der Waals surface area (Å²) >= 11 is 0. The second-order valence-electron chi connectivity index (χ2n) is 24.6. The van der Waals surface area contributed by atoms with Crippen LogP contribution in [0.2, 0.25) is 0 Å². The second kappa shape index (κ2) is 70.5. The minimum absolute atomic E-state index is 0. The van der Waals surface area contributed by atoms with Crippen molar-refractivity contribution < 1.29 is 151 Å². The van der Waals surface area contributed by atoms with E-state index in [1.54, 1.807) is 9.80 Å². The van der Waals surface area contributed by atoms with Crippen molar-refractivity contribution in [3.8, 4) is 0 Å². The molecular weight excluding hydrogens is 1710 g/mol. The third-order valence-electron chi connectivity index (χ3n) is 16.0. The Kier molecular flexibility index (Phi) is 71.8. The third-order valence-corrected chi connectivity index (χ3v) is 24.0. The first-order chi connectivity index (χ1) is 50.8. The first-order valence-corrected chi connectivity index (χ1v) is 44.6. The molecule has 0 amide bonds. The van der Waals surface area contributed by atoms with Crippen LogP contribution in [-0.4, -0.2) is 252 Å². The Morgan fingerprint density at radius 2 is 0.364 bits per heavy atom. The Morgan fingerprint density at radius 1 is 0.200 bits per heavy atom. The molecule has 19 nitrogen and oxygen atoms in total. The Bertz CT molecular complexity index is 2340. The number of hydrogen-bond acceptors (Lipinski definition) is 19. The Morgan fingerprint density at radius 3 is 0.545 bits per heavy atom. The summed E-state index contributed by atoms with van der Waals surface area (Å²) in [6, 6.07) is 0. The number of rotatable bonds is 49. The molecule has 0 aromatic heterocycles. The fourth-order valence-corrected chi connectivity index (χ4v) is 15.3. The SMILES string of the molecule is O=S(=O)(CCNCCN(CCN(CCS(=O)(=O)CCOC[C]1[CH][CH][CH][CH]1)CCS(=O)(=O)CCOC[C]1[CH][CH][CH][CH]1)CCN(CCS(=O)(=O)CCOC[C]1[CH][CH][CH][CH]1)CCS(=O)(=O)CCOC[C]1[CH][CH][CH][CH]1)CCOC[C]1[CH][CH][CH][CH]1.[CH]1[CH][CH][CH][CH]1.[CH]1[CH][CH][CH][CH]1.[CH]1[CH][CH][CH][CH]1.[CH]1[CH][CH][CH][CH]1.[CH]1[CH][CH][CH][CH]1.[Fe+2].[Fe+2].[Fe+2].[Fe+2].[Fe+2]. The predicted molar refractivity (Wildman–Crippen MR) is 419 cm³/mol. The zero-order valence-corrected chi connectivity index (χ0v) is 71.8. The molecule has 50 radical (unpaired) electrons. The van der Waals surface area contributed by atoms with Gasteiger partial charge in [0.2, 0.25) is 0 Å². The average Bonchev–Trinajstić information content (AvgIpc) is 1.53. The minimum Gasteiger partial charge on any atom is -0.380 e. The van der Waals surface area contributed by atoms with E-state index in [9.17, 15) is 42.1 Å². The van der Waals surface area contributed by atoms with E-state index in [1.165, 1.54) is 0 Å². The van der Waals surface area contributed by atoms with Gasteiger partial charge in [-0.05, 0) is 289 Å². The van der Waals surface area contributed by atoms with Crippen molar-refractivity contribution in [3.05, 3.63) is 319 Å². The summed E-state index contributed by atoms with van der Waals surface area (Å²) < 4.78 is 161. The van der Waals surface area contributed by atoms with Crippen molar-refractivity contribution in [2.45, 2.75) is 0 Å². The van der Waals surface area contributed by atoms with Crippen molar-refractivity contribution in [3.63, 3.8) is 0 Å². The summed E-state index contributed by atoms with van der Waals surface area (Å²) in [5, 5.41) is 3.22. The van der Waals surface area contributed by atoms with E-state index >= 15 is 0 Å². The summed E-state index contributed by atoms with van der Waals surface area (Å²) in [5.74, 6) is 2.50. The van der Waals surface area contributed by atoms with Gasteiger partial charge in [-0.1, -0.05) is 0 Å². The maximum absolute atomic E-state index is 13.4. The number of nitrogens with zero attached hydrogens (tertiary/aromatic N) is 3. The molecule has 0 saturated heterocycles. The largest absolute Gasteiger partial charge is 2.00 e. The van der Waals surface area contributed by atoms with Gasteiger partial charge in [-0.2, -0.15) is 0 Å². The predicted octanol–water partition coefficient (Wildman–Crippen LogP) is 5.76. The zero-order valence-electron chi connectivity index (χ0n) is 62.2. The van der Waals surface area contributed by atoms with Crippen molar-refractivity contribution in [2.75, 3.05) is 196 Å². The Labute approximate surface area is 727 Å². The topological polar surface area (TPSA) is 239 Å². The molecule has 10 aliphatic carbocycles. The van der Waals surface area contributed by atoms with Gasteiger partial charge in [0.25, 0.3) is 0 Å². The van der Waals surface area contributed by atoms with Gasteiger partial charge in [0.15, 0.2) is 49.2 Å². The molecule has 0 aromatic rings. The molecule has 10 rings (SSSR count). The molecule has 10 aliphatic rings. The maximum atomic E-state index is 13.4. The molecular formula is C81H108Fe5N4O15S5+10. The van der Waals surface area contributed by atoms with Gasteiger partial charge < -0.3 is 38.8 Å². The van der Waals surface area contributed by atoms with E-state index < -0.39 is 49.2 Å². The molecule has 29 heteroatoms. The van der Waals surface area contributed by atoms with Crippen LogP contribution < -0.4 is 5.32 Å². The smallest absolute Gasteiger partial charge is 0.380 e. The third kappa shape index (κ3) is 62.1. The second-order valence-corrected chi connectivity index (χ2v) is 36.1. The van der Waals surface area contributed by atoms with Crippen LogP contribution in [0.15, 0.2) is 0 Å². The molecule has 0 unspecified atom stereocenters. The summed E-state index contributed by atoms with van der Waals surface area (Å²) in [6.07, 6.45) is 87.6. The van der Waals surface area contributed by atoms with E-state index in [2.05, 4.69) is 5.32 Å². The van der Waals surface area contributed by atoms with E-state index in [1.807, 2.05) is 294 Å². The number of hydrogen-bond donors (Lipinski definition) is 1. The van der Waals surface area contributed by atoms with Gasteiger partial charge in [-0.15, -0.1) is 0 Å². The number of nitrogens with one attached hydrogen (secondary N) is 1. The van der Waals surface area contributed by atoms with Crippen LogP contribution in [0, 0.1) is 319 Å². The van der Waals surface area contributed by atoms with Crippen LogP contribution in [0.5, 0.6) is 0 Å². The molecule has 602 valence electrons. The van der Waals surface area contributed by atoms with Gasteiger partial charge in [-0.3, -0.25) is 4.90 Å². The van der Waals surface area contributed by atoms with E-state index in [0.717, 1.165) is 29.6 Å². The normalized spacial score (nSPS) is 19.4. The van der Waals surface area contributed by atoms with E-state index in [0.29, 0.717) is 32.8 Å². The van der Waals surface area contributed by atoms with Crippen LogP contribution >= 0.6 is 0 Å². The standard InChI is InChI=1S/C56H83N4O15S5.5C5H5.5Fe/c61-76(62,42-32-71-47-52-11-1-2-12-52)37-22-57-21-23-58(24-26-59(28-38-77(63,64)43-33-72-48-53-13-3-4-14-53)29-39-78(65,66)44-34-73-49-54-15-5-6-16-54)25-27-60(30-40-79(67,68)45-35-74-50-55-17-7-8-18-55)31-41-80(69,70)46-36-75-51-56-19-9-10-20-56;5*1-2-4-5-3-1;;;;;/h1-20,57H,21-51H2;5*1-5H;;;;;/q;;;;;;5*+2. The van der Waals surface area contributed by atoms with Gasteiger partial charge in [0, 0.05) is 102 Å². The van der Waals surface area contributed by atoms with Gasteiger partial charge in [-0.25, -0.2) is 42.1 Å². The summed E-state index contributed by atoms with van der Waals surface area (Å²) in [4.78, 5) is 5.64. The number of ether oxygens (including phenoxy) is 5. The van der Waals surface area contributed by atoms with Crippen molar-refractivity contribution in [1.29, 1.82) is 0 Å². The fraction of sp³-hybridized carbons (Fsp3) is 0.383. The van der Waals surface area contributed by atoms with Gasteiger partial charge in [0.05, 0.1) is 124 Å². The number of sulfone groups is 5. The molecule has 0 atom stereocenters. The maximum Gasteiger partial charge on any atom is 2.00 e. The summed E-state index contributed by atoms with van der Waals surface area (Å²) in [6.45, 7) is 3.47. The molecule has 10 saturated carbocycles. The molecule has 0 spiro atoms. The van der Waals surface area contributed by atoms with Crippen LogP contribution in [0.3, 0.4) is 0 Å².